The normalized spacial score (nSPS) is 12.5. The fourth-order valence-corrected chi connectivity index (χ4v) is 2.72. The average Bonchev–Trinajstić information content (AvgIpc) is 2.12. The van der Waals surface area contributed by atoms with Crippen LogP contribution in [-0.4, -0.2) is 56.2 Å². The van der Waals surface area contributed by atoms with Crippen molar-refractivity contribution in [1.29, 1.82) is 0 Å². The van der Waals surface area contributed by atoms with Crippen molar-refractivity contribution in [3.05, 3.63) is 12.7 Å². The Balaban J connectivity index is 4.39. The van der Waals surface area contributed by atoms with Gasteiger partial charge in [0, 0.05) is 12.6 Å². The molecule has 0 aliphatic rings. The van der Waals surface area contributed by atoms with Crippen molar-refractivity contribution in [1.82, 2.24) is 4.90 Å². The van der Waals surface area contributed by atoms with Gasteiger partial charge in [0.25, 0.3) is 0 Å². The summed E-state index contributed by atoms with van der Waals surface area (Å²) >= 11 is 0. The van der Waals surface area contributed by atoms with Crippen LogP contribution in [0.5, 0.6) is 0 Å². The molecular weight excluding hydrogens is 288 g/mol. The van der Waals surface area contributed by atoms with E-state index in [9.17, 15) is 13.9 Å². The van der Waals surface area contributed by atoms with Gasteiger partial charge in [-0.25, -0.2) is 4.79 Å². The van der Waals surface area contributed by atoms with Gasteiger partial charge >= 0.3 is 21.2 Å². The maximum atomic E-state index is 10.8. The summed E-state index contributed by atoms with van der Waals surface area (Å²) in [4.78, 5) is 46.5. The molecule has 0 unspecified atom stereocenters. The molecule has 0 aromatic heterocycles. The molecule has 0 amide bonds. The first-order chi connectivity index (χ1) is 8.03. The van der Waals surface area contributed by atoms with Crippen LogP contribution in [0.4, 0.5) is 0 Å². The highest BCUT2D eigenvalue weighted by atomic mass is 31.2. The first kappa shape index (κ1) is 17.5. The van der Waals surface area contributed by atoms with Crippen molar-refractivity contribution in [2.24, 2.45) is 0 Å². The second kappa shape index (κ2) is 7.16. The number of hydrogen-bond acceptors (Lipinski definition) is 5. The van der Waals surface area contributed by atoms with Gasteiger partial charge in [-0.05, 0) is 0 Å². The Hall–Kier alpha value is -0.530. The third-order valence-electron chi connectivity index (χ3n) is 1.59. The smallest absolute Gasteiger partial charge is 0.339 e. The molecule has 9 nitrogen and oxygen atoms in total. The zero-order chi connectivity index (χ0) is 14.4. The summed E-state index contributed by atoms with van der Waals surface area (Å²) in [5, 5.41) is 0. The second-order valence-electron chi connectivity index (χ2n) is 3.38. The summed E-state index contributed by atoms with van der Waals surface area (Å²) in [6.07, 6.45) is -0.760. The summed E-state index contributed by atoms with van der Waals surface area (Å²) in [5.74, 6) is -0.734. The molecule has 0 atom stereocenters. The van der Waals surface area contributed by atoms with Crippen molar-refractivity contribution < 1.29 is 38.2 Å². The largest absolute Gasteiger partial charge is 0.461 e. The number of ether oxygens (including phenoxy) is 1. The summed E-state index contributed by atoms with van der Waals surface area (Å²) < 4.78 is 26.1. The van der Waals surface area contributed by atoms with Gasteiger partial charge in [0.2, 0.25) is 0 Å². The molecule has 0 aromatic carbocycles. The molecule has 0 spiro atoms. The Morgan fingerprint density at radius 2 is 1.61 bits per heavy atom. The van der Waals surface area contributed by atoms with E-state index >= 15 is 0 Å². The van der Waals surface area contributed by atoms with Crippen LogP contribution in [0.2, 0.25) is 0 Å². The molecule has 0 radical (unpaired) electrons. The first-order valence-electron chi connectivity index (χ1n) is 4.64. The third-order valence-corrected chi connectivity index (χ3v) is 3.12. The molecule has 0 aliphatic carbocycles. The minimum Gasteiger partial charge on any atom is -0.461 e. The molecule has 0 fully saturated rings. The highest BCUT2D eigenvalue weighted by Crippen LogP contribution is 2.40. The van der Waals surface area contributed by atoms with Crippen molar-refractivity contribution in [2.45, 2.75) is 0 Å². The summed E-state index contributed by atoms with van der Waals surface area (Å²) in [5.41, 5.74) is 0. The fraction of sp³-hybridized carbons (Fsp3) is 0.571. The lowest BCUT2D eigenvalue weighted by Gasteiger charge is -2.22. The number of hydrogen-bond donors (Lipinski definition) is 4. The van der Waals surface area contributed by atoms with Crippen LogP contribution < -0.4 is 0 Å². The van der Waals surface area contributed by atoms with E-state index in [2.05, 4.69) is 11.3 Å². The Bertz CT molecular complexity index is 361. The van der Waals surface area contributed by atoms with Gasteiger partial charge in [0.1, 0.15) is 19.2 Å². The van der Waals surface area contributed by atoms with Gasteiger partial charge in [-0.15, -0.1) is 0 Å². The number of carbonyl (C=O) groups is 1. The lowest BCUT2D eigenvalue weighted by Crippen LogP contribution is -2.30. The average molecular weight is 303 g/mol. The fourth-order valence-electron chi connectivity index (χ4n) is 1.04. The molecule has 0 heterocycles. The standard InChI is InChI=1S/C7H15NO8P2/c1-2-7(9)16-4-3-8(5-17(10,11)12)6-18(13,14)15/h2H,1,3-6H2,(H2,10,11,12)(H2,13,14,15). The van der Waals surface area contributed by atoms with E-state index in [-0.39, 0.29) is 13.2 Å². The van der Waals surface area contributed by atoms with E-state index in [0.717, 1.165) is 11.0 Å². The van der Waals surface area contributed by atoms with E-state index in [1.54, 1.807) is 0 Å². The highest BCUT2D eigenvalue weighted by molar-refractivity contribution is 7.52. The number of carbonyl (C=O) groups excluding carboxylic acids is 1. The molecule has 18 heavy (non-hydrogen) atoms. The van der Waals surface area contributed by atoms with Crippen molar-refractivity contribution in [3.63, 3.8) is 0 Å². The van der Waals surface area contributed by atoms with Gasteiger partial charge in [-0.1, -0.05) is 6.58 Å². The van der Waals surface area contributed by atoms with Crippen LogP contribution in [0, 0.1) is 0 Å². The predicted octanol–water partition coefficient (Wildman–Crippen LogP) is -0.712. The van der Waals surface area contributed by atoms with Crippen molar-refractivity contribution in [2.75, 3.05) is 25.7 Å². The third kappa shape index (κ3) is 10.6. The predicted molar refractivity (Wildman–Crippen MR) is 61.7 cm³/mol. The summed E-state index contributed by atoms with van der Waals surface area (Å²) in [6, 6.07) is 0. The zero-order valence-electron chi connectivity index (χ0n) is 9.38. The van der Waals surface area contributed by atoms with Crippen LogP contribution in [0.25, 0.3) is 0 Å². The number of rotatable bonds is 8. The molecule has 106 valence electrons. The molecule has 0 rings (SSSR count). The molecule has 0 bridgehead atoms. The molecular formula is C7H15NO8P2. The molecule has 0 aromatic rings. The highest BCUT2D eigenvalue weighted by Gasteiger charge is 2.25. The quantitative estimate of drug-likeness (QED) is 0.259. The van der Waals surface area contributed by atoms with Crippen LogP contribution in [0.3, 0.4) is 0 Å². The number of esters is 1. The maximum absolute atomic E-state index is 10.8. The summed E-state index contributed by atoms with van der Waals surface area (Å²) in [7, 11) is -8.91. The van der Waals surface area contributed by atoms with E-state index in [4.69, 9.17) is 19.6 Å². The zero-order valence-corrected chi connectivity index (χ0v) is 11.2. The van der Waals surface area contributed by atoms with Crippen LogP contribution >= 0.6 is 15.2 Å². The van der Waals surface area contributed by atoms with Gasteiger partial charge in [-0.2, -0.15) is 0 Å². The number of nitrogens with zero attached hydrogens (tertiary/aromatic N) is 1. The first-order valence-corrected chi connectivity index (χ1v) is 8.24. The molecule has 4 N–H and O–H groups in total. The van der Waals surface area contributed by atoms with Gasteiger partial charge in [0.15, 0.2) is 0 Å². The molecule has 11 heteroatoms. The van der Waals surface area contributed by atoms with E-state index < -0.39 is 33.7 Å². The lowest BCUT2D eigenvalue weighted by atomic mass is 10.6. The van der Waals surface area contributed by atoms with E-state index in [1.807, 2.05) is 0 Å². The van der Waals surface area contributed by atoms with E-state index in [0.29, 0.717) is 0 Å². The van der Waals surface area contributed by atoms with Gasteiger partial charge < -0.3 is 24.3 Å². The second-order valence-corrected chi connectivity index (χ2v) is 6.60. The molecule has 0 saturated carbocycles. The lowest BCUT2D eigenvalue weighted by molar-refractivity contribution is -0.138. The van der Waals surface area contributed by atoms with Gasteiger partial charge in [0.05, 0.1) is 0 Å². The SMILES string of the molecule is C=CC(=O)OCCN(CP(=O)(O)O)CP(=O)(O)O. The topological polar surface area (TPSA) is 145 Å². The molecule has 0 aliphatic heterocycles. The Labute approximate surface area is 103 Å². The minimum absolute atomic E-state index is 0.212. The Morgan fingerprint density at radius 3 is 1.94 bits per heavy atom. The monoisotopic (exact) mass is 303 g/mol. The van der Waals surface area contributed by atoms with Crippen LogP contribution in [0.15, 0.2) is 12.7 Å². The minimum atomic E-state index is -4.46. The molecule has 0 saturated heterocycles. The van der Waals surface area contributed by atoms with Crippen LogP contribution in [-0.2, 0) is 18.7 Å². The Morgan fingerprint density at radius 1 is 1.17 bits per heavy atom. The van der Waals surface area contributed by atoms with Crippen molar-refractivity contribution in [3.8, 4) is 0 Å². The van der Waals surface area contributed by atoms with Gasteiger partial charge in [-0.3, -0.25) is 14.0 Å². The maximum Gasteiger partial charge on any atom is 0.339 e. The summed E-state index contributed by atoms with van der Waals surface area (Å²) in [6.45, 7) is 2.67. The van der Waals surface area contributed by atoms with Crippen molar-refractivity contribution >= 4 is 21.2 Å². The van der Waals surface area contributed by atoms with Crippen LogP contribution in [0.1, 0.15) is 0 Å². The van der Waals surface area contributed by atoms with E-state index in [1.165, 1.54) is 0 Å². The Kier molecular flexibility index (Phi) is 6.94.